The van der Waals surface area contributed by atoms with Crippen molar-refractivity contribution >= 4 is 10.0 Å². The maximum atomic E-state index is 10.9. The van der Waals surface area contributed by atoms with Gasteiger partial charge in [-0.05, 0) is 12.3 Å². The van der Waals surface area contributed by atoms with Gasteiger partial charge in [-0.1, -0.05) is 13.8 Å². The standard InChI is InChI=1S/C7H14N2O2S/c1-7(2)3-5-9-12(10,11)6-4-8/h7,9H,3,5-6H2,1-2H3. The summed E-state index contributed by atoms with van der Waals surface area (Å²) in [5, 5.41) is 8.14. The van der Waals surface area contributed by atoms with E-state index in [2.05, 4.69) is 4.72 Å². The Bertz CT molecular complexity index is 251. The average molecular weight is 190 g/mol. The van der Waals surface area contributed by atoms with Gasteiger partial charge in [-0.2, -0.15) is 5.26 Å². The van der Waals surface area contributed by atoms with E-state index >= 15 is 0 Å². The molecule has 4 nitrogen and oxygen atoms in total. The van der Waals surface area contributed by atoms with Crippen molar-refractivity contribution in [3.05, 3.63) is 0 Å². The first-order chi connectivity index (χ1) is 5.48. The SMILES string of the molecule is CC(C)CCNS(=O)(=O)CC#N. The van der Waals surface area contributed by atoms with Gasteiger partial charge in [-0.3, -0.25) is 0 Å². The van der Waals surface area contributed by atoms with Crippen molar-refractivity contribution in [2.75, 3.05) is 12.3 Å². The third-order valence-electron chi connectivity index (χ3n) is 1.30. The normalized spacial score (nSPS) is 11.5. The monoisotopic (exact) mass is 190 g/mol. The third kappa shape index (κ3) is 6.13. The molecular weight excluding hydrogens is 176 g/mol. The van der Waals surface area contributed by atoms with Gasteiger partial charge in [-0.15, -0.1) is 0 Å². The Hall–Kier alpha value is -0.600. The number of nitrogens with one attached hydrogen (secondary N) is 1. The summed E-state index contributed by atoms with van der Waals surface area (Å²) in [6, 6.07) is 1.60. The zero-order valence-electron chi connectivity index (χ0n) is 7.37. The maximum Gasteiger partial charge on any atom is 0.225 e. The highest BCUT2D eigenvalue weighted by molar-refractivity contribution is 7.89. The van der Waals surface area contributed by atoms with Crippen LogP contribution in [0.1, 0.15) is 20.3 Å². The van der Waals surface area contributed by atoms with Crippen molar-refractivity contribution in [2.45, 2.75) is 20.3 Å². The van der Waals surface area contributed by atoms with Gasteiger partial charge in [0.1, 0.15) is 0 Å². The zero-order valence-corrected chi connectivity index (χ0v) is 8.19. The molecule has 0 aliphatic carbocycles. The highest BCUT2D eigenvalue weighted by Gasteiger charge is 2.07. The van der Waals surface area contributed by atoms with E-state index in [1.165, 1.54) is 0 Å². The van der Waals surface area contributed by atoms with Crippen molar-refractivity contribution in [1.29, 1.82) is 5.26 Å². The molecule has 5 heteroatoms. The molecule has 0 heterocycles. The fourth-order valence-corrected chi connectivity index (χ4v) is 1.34. The Labute approximate surface area is 73.6 Å². The van der Waals surface area contributed by atoms with Crippen LogP contribution in [0, 0.1) is 17.2 Å². The van der Waals surface area contributed by atoms with E-state index in [4.69, 9.17) is 5.26 Å². The first-order valence-corrected chi connectivity index (χ1v) is 5.47. The van der Waals surface area contributed by atoms with Gasteiger partial charge in [0, 0.05) is 6.54 Å². The van der Waals surface area contributed by atoms with Crippen molar-refractivity contribution in [2.24, 2.45) is 5.92 Å². The summed E-state index contributed by atoms with van der Waals surface area (Å²) < 4.78 is 24.1. The summed E-state index contributed by atoms with van der Waals surface area (Å²) in [5.74, 6) is 0.0141. The quantitative estimate of drug-likeness (QED) is 0.685. The second-order valence-electron chi connectivity index (χ2n) is 2.99. The molecular formula is C7H14N2O2S. The van der Waals surface area contributed by atoms with Crippen LogP contribution in [0.3, 0.4) is 0 Å². The van der Waals surface area contributed by atoms with Crippen molar-refractivity contribution in [3.63, 3.8) is 0 Å². The highest BCUT2D eigenvalue weighted by Crippen LogP contribution is 1.97. The van der Waals surface area contributed by atoms with Crippen molar-refractivity contribution in [3.8, 4) is 6.07 Å². The average Bonchev–Trinajstić information content (AvgIpc) is 1.85. The fourth-order valence-electron chi connectivity index (χ4n) is 0.639. The predicted molar refractivity (Wildman–Crippen MR) is 46.9 cm³/mol. The molecule has 0 unspecified atom stereocenters. The molecule has 1 N–H and O–H groups in total. The Kier molecular flexibility index (Phi) is 4.86. The van der Waals surface area contributed by atoms with Crippen LogP contribution >= 0.6 is 0 Å². The molecule has 0 atom stereocenters. The molecule has 0 saturated carbocycles. The zero-order chi connectivity index (χ0) is 9.61. The van der Waals surface area contributed by atoms with Gasteiger partial charge in [0.25, 0.3) is 0 Å². The molecule has 12 heavy (non-hydrogen) atoms. The van der Waals surface area contributed by atoms with E-state index in [1.807, 2.05) is 13.8 Å². The highest BCUT2D eigenvalue weighted by atomic mass is 32.2. The first-order valence-electron chi connectivity index (χ1n) is 3.82. The summed E-state index contributed by atoms with van der Waals surface area (Å²) in [5.41, 5.74) is 0. The van der Waals surface area contributed by atoms with Crippen LogP contribution in [0.2, 0.25) is 0 Å². The smallest absolute Gasteiger partial charge is 0.214 e. The second kappa shape index (κ2) is 5.12. The van der Waals surface area contributed by atoms with Gasteiger partial charge in [0.15, 0.2) is 5.75 Å². The molecule has 0 radical (unpaired) electrons. The predicted octanol–water partition coefficient (Wildman–Crippen LogP) is 0.475. The Morgan fingerprint density at radius 3 is 2.50 bits per heavy atom. The second-order valence-corrected chi connectivity index (χ2v) is 4.80. The Balaban J connectivity index is 3.72. The minimum absolute atomic E-state index is 0.418. The van der Waals surface area contributed by atoms with Crippen LogP contribution in [-0.4, -0.2) is 20.7 Å². The van der Waals surface area contributed by atoms with Crippen LogP contribution in [0.4, 0.5) is 0 Å². The lowest BCUT2D eigenvalue weighted by Gasteiger charge is -2.04. The molecule has 0 rings (SSSR count). The number of rotatable bonds is 5. The molecule has 0 amide bonds. The molecule has 0 bridgehead atoms. The number of hydrogen-bond acceptors (Lipinski definition) is 3. The number of nitriles is 1. The van der Waals surface area contributed by atoms with Crippen LogP contribution in [-0.2, 0) is 10.0 Å². The van der Waals surface area contributed by atoms with Crippen LogP contribution < -0.4 is 4.72 Å². The first kappa shape index (κ1) is 11.4. The lowest BCUT2D eigenvalue weighted by atomic mass is 10.1. The molecule has 0 spiro atoms. The molecule has 0 aromatic heterocycles. The summed E-state index contributed by atoms with van der Waals surface area (Å²) in [4.78, 5) is 0. The van der Waals surface area contributed by atoms with E-state index in [1.54, 1.807) is 6.07 Å². The van der Waals surface area contributed by atoms with Gasteiger partial charge in [0.05, 0.1) is 6.07 Å². The van der Waals surface area contributed by atoms with E-state index in [0.29, 0.717) is 12.5 Å². The molecule has 0 aliphatic rings. The molecule has 0 fully saturated rings. The fraction of sp³-hybridized carbons (Fsp3) is 0.857. The van der Waals surface area contributed by atoms with Crippen molar-refractivity contribution < 1.29 is 8.42 Å². The van der Waals surface area contributed by atoms with Gasteiger partial charge < -0.3 is 0 Å². The Morgan fingerprint density at radius 2 is 2.08 bits per heavy atom. The molecule has 0 aromatic carbocycles. The van der Waals surface area contributed by atoms with Crippen LogP contribution in [0.5, 0.6) is 0 Å². The lowest BCUT2D eigenvalue weighted by Crippen LogP contribution is -2.27. The minimum Gasteiger partial charge on any atom is -0.214 e. The summed E-state index contributed by atoms with van der Waals surface area (Å²) in [6.45, 7) is 4.44. The molecule has 0 saturated heterocycles. The lowest BCUT2D eigenvalue weighted by molar-refractivity contribution is 0.553. The van der Waals surface area contributed by atoms with Gasteiger partial charge in [-0.25, -0.2) is 13.1 Å². The van der Waals surface area contributed by atoms with Gasteiger partial charge >= 0.3 is 0 Å². The topological polar surface area (TPSA) is 70.0 Å². The van der Waals surface area contributed by atoms with Gasteiger partial charge in [0.2, 0.25) is 10.0 Å². The minimum atomic E-state index is -3.34. The number of nitrogens with zero attached hydrogens (tertiary/aromatic N) is 1. The van der Waals surface area contributed by atoms with E-state index < -0.39 is 15.8 Å². The van der Waals surface area contributed by atoms with E-state index in [-0.39, 0.29) is 0 Å². The summed E-state index contributed by atoms with van der Waals surface area (Å²) in [6.07, 6.45) is 0.796. The molecule has 70 valence electrons. The largest absolute Gasteiger partial charge is 0.225 e. The van der Waals surface area contributed by atoms with E-state index in [9.17, 15) is 8.42 Å². The number of sulfonamides is 1. The number of hydrogen-bond donors (Lipinski definition) is 1. The maximum absolute atomic E-state index is 10.9. The van der Waals surface area contributed by atoms with E-state index in [0.717, 1.165) is 6.42 Å². The summed E-state index contributed by atoms with van der Waals surface area (Å²) in [7, 11) is -3.34. The van der Waals surface area contributed by atoms with Crippen LogP contribution in [0.25, 0.3) is 0 Å². The molecule has 0 aliphatic heterocycles. The third-order valence-corrected chi connectivity index (χ3v) is 2.45. The Morgan fingerprint density at radius 1 is 1.50 bits per heavy atom. The van der Waals surface area contributed by atoms with Crippen molar-refractivity contribution in [1.82, 2.24) is 4.72 Å². The summed E-state index contributed by atoms with van der Waals surface area (Å²) >= 11 is 0. The van der Waals surface area contributed by atoms with Crippen LogP contribution in [0.15, 0.2) is 0 Å². The molecule has 0 aromatic rings.